The molecule has 1 rings (SSSR count). The molecule has 0 spiro atoms. The number of hydrogen-bond acceptors (Lipinski definition) is 3. The summed E-state index contributed by atoms with van der Waals surface area (Å²) in [6.45, 7) is 0.751. The zero-order chi connectivity index (χ0) is 10.9. The average molecular weight is 224 g/mol. The third-order valence-electron chi connectivity index (χ3n) is 1.74. The molecule has 0 saturated carbocycles. The summed E-state index contributed by atoms with van der Waals surface area (Å²) < 4.78 is 0. The minimum atomic E-state index is 0.593. The molecule has 0 aliphatic rings. The first-order valence-electron chi connectivity index (χ1n) is 4.69. The van der Waals surface area contributed by atoms with Gasteiger partial charge in [0, 0.05) is 11.4 Å². The average Bonchev–Trinajstić information content (AvgIpc) is 2.29. The first-order chi connectivity index (χ1) is 7.36. The van der Waals surface area contributed by atoms with Crippen molar-refractivity contribution >= 4 is 23.4 Å². The summed E-state index contributed by atoms with van der Waals surface area (Å²) >= 11 is 1.76. The third kappa shape index (κ3) is 4.71. The van der Waals surface area contributed by atoms with Crippen molar-refractivity contribution in [1.29, 1.82) is 0 Å². The van der Waals surface area contributed by atoms with Crippen LogP contribution in [-0.2, 0) is 0 Å². The van der Waals surface area contributed by atoms with Crippen molar-refractivity contribution in [3.63, 3.8) is 0 Å². The van der Waals surface area contributed by atoms with E-state index in [1.807, 2.05) is 30.3 Å². The van der Waals surface area contributed by atoms with E-state index in [2.05, 4.69) is 22.0 Å². The molecule has 0 amide bonds. The molecule has 82 valence electrons. The van der Waals surface area contributed by atoms with Gasteiger partial charge in [-0.25, -0.2) is 5.84 Å². The van der Waals surface area contributed by atoms with Crippen molar-refractivity contribution in [3.8, 4) is 0 Å². The predicted octanol–water partition coefficient (Wildman–Crippen LogP) is 1.28. The van der Waals surface area contributed by atoms with Crippen molar-refractivity contribution < 1.29 is 0 Å². The summed E-state index contributed by atoms with van der Waals surface area (Å²) in [6.07, 6.45) is 2.05. The van der Waals surface area contributed by atoms with Crippen LogP contribution in [0.4, 0.5) is 5.69 Å². The van der Waals surface area contributed by atoms with Gasteiger partial charge in [-0.15, -0.1) is 0 Å². The number of hydrazine groups is 1. The maximum absolute atomic E-state index is 5.35. The highest BCUT2D eigenvalue weighted by Gasteiger charge is 1.95. The maximum Gasteiger partial charge on any atom is 0.210 e. The zero-order valence-electron chi connectivity index (χ0n) is 8.73. The van der Waals surface area contributed by atoms with Gasteiger partial charge in [-0.1, -0.05) is 18.2 Å². The smallest absolute Gasteiger partial charge is 0.210 e. The quantitative estimate of drug-likeness (QED) is 0.237. The van der Waals surface area contributed by atoms with Crippen LogP contribution >= 0.6 is 11.8 Å². The van der Waals surface area contributed by atoms with E-state index in [-0.39, 0.29) is 0 Å². The van der Waals surface area contributed by atoms with Crippen LogP contribution < -0.4 is 16.6 Å². The summed E-state index contributed by atoms with van der Waals surface area (Å²) in [4.78, 5) is 4.28. The summed E-state index contributed by atoms with van der Waals surface area (Å²) in [6, 6.07) is 9.80. The van der Waals surface area contributed by atoms with E-state index in [0.717, 1.165) is 18.0 Å². The number of guanidine groups is 1. The number of thioether (sulfide) groups is 1. The molecule has 4 N–H and O–H groups in total. The molecule has 1 aromatic carbocycles. The molecule has 0 atom stereocenters. The van der Waals surface area contributed by atoms with E-state index in [0.29, 0.717) is 5.96 Å². The van der Waals surface area contributed by atoms with Gasteiger partial charge in [0.2, 0.25) is 5.96 Å². The molecule has 0 radical (unpaired) electrons. The van der Waals surface area contributed by atoms with Gasteiger partial charge >= 0.3 is 0 Å². The highest BCUT2D eigenvalue weighted by Crippen LogP contribution is 2.04. The van der Waals surface area contributed by atoms with Crippen LogP contribution in [0.15, 0.2) is 35.3 Å². The first-order valence-corrected chi connectivity index (χ1v) is 6.08. The highest BCUT2D eigenvalue weighted by molar-refractivity contribution is 7.98. The molecule has 1 aromatic rings. The Kier molecular flexibility index (Phi) is 5.65. The van der Waals surface area contributed by atoms with Crippen molar-refractivity contribution in [3.05, 3.63) is 30.3 Å². The van der Waals surface area contributed by atoms with Crippen LogP contribution in [0.3, 0.4) is 0 Å². The number of nitrogens with zero attached hydrogens (tertiary/aromatic N) is 1. The molecule has 0 unspecified atom stereocenters. The highest BCUT2D eigenvalue weighted by atomic mass is 32.2. The van der Waals surface area contributed by atoms with Crippen LogP contribution in [0, 0.1) is 0 Å². The number of nitrogens with two attached hydrogens (primary N) is 1. The van der Waals surface area contributed by atoms with Gasteiger partial charge in [-0.2, -0.15) is 11.8 Å². The van der Waals surface area contributed by atoms with Crippen LogP contribution in [0.25, 0.3) is 0 Å². The Morgan fingerprint density at radius 2 is 2.13 bits per heavy atom. The van der Waals surface area contributed by atoms with Crippen molar-refractivity contribution in [2.45, 2.75) is 0 Å². The first kappa shape index (κ1) is 11.9. The largest absolute Gasteiger partial charge is 0.325 e. The van der Waals surface area contributed by atoms with Gasteiger partial charge in [0.25, 0.3) is 0 Å². The molecular weight excluding hydrogens is 208 g/mol. The van der Waals surface area contributed by atoms with Crippen molar-refractivity contribution in [1.82, 2.24) is 5.43 Å². The Morgan fingerprint density at radius 1 is 1.40 bits per heavy atom. The van der Waals surface area contributed by atoms with Gasteiger partial charge in [-0.3, -0.25) is 10.4 Å². The number of hydrogen-bond donors (Lipinski definition) is 3. The number of anilines is 1. The summed E-state index contributed by atoms with van der Waals surface area (Å²) in [5.41, 5.74) is 3.51. The third-order valence-corrected chi connectivity index (χ3v) is 2.33. The summed E-state index contributed by atoms with van der Waals surface area (Å²) in [7, 11) is 0. The molecule has 0 aromatic heterocycles. The molecule has 0 aliphatic heterocycles. The fourth-order valence-electron chi connectivity index (χ4n) is 1.03. The van der Waals surface area contributed by atoms with E-state index in [1.165, 1.54) is 0 Å². The Hall–Kier alpha value is -1.20. The Balaban J connectivity index is 2.50. The van der Waals surface area contributed by atoms with Gasteiger partial charge in [0.05, 0.1) is 6.54 Å². The van der Waals surface area contributed by atoms with E-state index in [9.17, 15) is 0 Å². The number of nitrogens with one attached hydrogen (secondary N) is 2. The second kappa shape index (κ2) is 7.14. The Bertz CT molecular complexity index is 300. The predicted molar refractivity (Wildman–Crippen MR) is 68.1 cm³/mol. The molecule has 0 bridgehead atoms. The van der Waals surface area contributed by atoms with Gasteiger partial charge < -0.3 is 5.32 Å². The fraction of sp³-hybridized carbons (Fsp3) is 0.300. The maximum atomic E-state index is 5.35. The van der Waals surface area contributed by atoms with Crippen molar-refractivity contribution in [2.24, 2.45) is 10.8 Å². The SMILES string of the molecule is CSCCN=C(NN)Nc1ccccc1. The molecule has 0 aliphatic carbocycles. The van der Waals surface area contributed by atoms with E-state index in [1.54, 1.807) is 11.8 Å². The number of rotatable bonds is 4. The standard InChI is InChI=1S/C10H16N4S/c1-15-8-7-12-10(14-11)13-9-5-3-2-4-6-9/h2-6H,7-8,11H2,1H3,(H2,12,13,14). The normalized spacial score (nSPS) is 11.2. The Morgan fingerprint density at radius 3 is 2.73 bits per heavy atom. The zero-order valence-corrected chi connectivity index (χ0v) is 9.55. The summed E-state index contributed by atoms with van der Waals surface area (Å²) in [5.74, 6) is 6.93. The van der Waals surface area contributed by atoms with E-state index < -0.39 is 0 Å². The minimum absolute atomic E-state index is 0.593. The fourth-order valence-corrected chi connectivity index (χ4v) is 1.30. The topological polar surface area (TPSA) is 62.4 Å². The minimum Gasteiger partial charge on any atom is -0.325 e. The van der Waals surface area contributed by atoms with Crippen LogP contribution in [-0.4, -0.2) is 24.5 Å². The summed E-state index contributed by atoms with van der Waals surface area (Å²) in [5, 5.41) is 3.09. The molecule has 0 heterocycles. The van der Waals surface area contributed by atoms with Gasteiger partial charge in [0.1, 0.15) is 0 Å². The lowest BCUT2D eigenvalue weighted by molar-refractivity contribution is 0.989. The van der Waals surface area contributed by atoms with Crippen LogP contribution in [0.1, 0.15) is 0 Å². The molecule has 0 saturated heterocycles. The van der Waals surface area contributed by atoms with Crippen molar-refractivity contribution in [2.75, 3.05) is 23.9 Å². The van der Waals surface area contributed by atoms with Crippen LogP contribution in [0.2, 0.25) is 0 Å². The van der Waals surface area contributed by atoms with Gasteiger partial charge in [-0.05, 0) is 18.4 Å². The molecule has 5 heteroatoms. The second-order valence-electron chi connectivity index (χ2n) is 2.86. The number of benzene rings is 1. The second-order valence-corrected chi connectivity index (χ2v) is 3.84. The molecule has 0 fully saturated rings. The lowest BCUT2D eigenvalue weighted by Gasteiger charge is -2.08. The van der Waals surface area contributed by atoms with Gasteiger partial charge in [0.15, 0.2) is 0 Å². The molecule has 4 nitrogen and oxygen atoms in total. The lowest BCUT2D eigenvalue weighted by Crippen LogP contribution is -2.36. The lowest BCUT2D eigenvalue weighted by atomic mass is 10.3. The number of aliphatic imine (C=N–C) groups is 1. The molecular formula is C10H16N4S. The number of para-hydroxylation sites is 1. The monoisotopic (exact) mass is 224 g/mol. The van der Waals surface area contributed by atoms with Crippen LogP contribution in [0.5, 0.6) is 0 Å². The van der Waals surface area contributed by atoms with E-state index >= 15 is 0 Å². The van der Waals surface area contributed by atoms with E-state index in [4.69, 9.17) is 5.84 Å². The molecule has 15 heavy (non-hydrogen) atoms. The Labute approximate surface area is 94.3 Å².